The Morgan fingerprint density at radius 1 is 1.17 bits per heavy atom. The average molecular weight is 411 g/mol. The Morgan fingerprint density at radius 3 is 2.57 bits per heavy atom. The molecule has 158 valence electrons. The largest absolute Gasteiger partial charge is 0.444 e. The predicted molar refractivity (Wildman–Crippen MR) is 112 cm³/mol. The quantitative estimate of drug-likeness (QED) is 0.528. The highest BCUT2D eigenvalue weighted by Gasteiger charge is 2.20. The summed E-state index contributed by atoms with van der Waals surface area (Å²) in [7, 11) is 0. The minimum absolute atomic E-state index is 0.210. The lowest BCUT2D eigenvalue weighted by Gasteiger charge is -2.19. The zero-order valence-electron chi connectivity index (χ0n) is 17.2. The maximum atomic E-state index is 12.8. The average Bonchev–Trinajstić information content (AvgIpc) is 3.08. The minimum Gasteiger partial charge on any atom is -0.444 e. The van der Waals surface area contributed by atoms with Crippen molar-refractivity contribution in [1.82, 2.24) is 30.2 Å². The maximum Gasteiger partial charge on any atom is 0.407 e. The lowest BCUT2D eigenvalue weighted by atomic mass is 10.1. The minimum atomic E-state index is -0.552. The van der Waals surface area contributed by atoms with Gasteiger partial charge in [0.15, 0.2) is 5.82 Å². The number of pyridine rings is 1. The summed E-state index contributed by atoms with van der Waals surface area (Å²) in [5.41, 5.74) is 7.83. The Labute approximate surface area is 173 Å². The van der Waals surface area contributed by atoms with Gasteiger partial charge in [0.1, 0.15) is 17.4 Å². The Kier molecular flexibility index (Phi) is 6.14. The van der Waals surface area contributed by atoms with Crippen molar-refractivity contribution in [1.29, 1.82) is 0 Å². The highest BCUT2D eigenvalue weighted by atomic mass is 16.6. The first-order chi connectivity index (χ1) is 14.3. The third kappa shape index (κ3) is 5.02. The van der Waals surface area contributed by atoms with E-state index in [0.717, 1.165) is 5.56 Å². The number of hydrogen-bond donors (Lipinski definition) is 3. The lowest BCUT2D eigenvalue weighted by Crippen LogP contribution is -2.34. The molecule has 0 bridgehead atoms. The topological polar surface area (TPSA) is 137 Å². The molecular weight excluding hydrogens is 386 g/mol. The van der Waals surface area contributed by atoms with Gasteiger partial charge in [-0.05, 0) is 45.4 Å². The number of alkyl carbamates (subject to hydrolysis) is 1. The molecule has 10 nitrogen and oxygen atoms in total. The second-order valence-electron chi connectivity index (χ2n) is 7.62. The van der Waals surface area contributed by atoms with Gasteiger partial charge in [0, 0.05) is 31.0 Å². The Morgan fingerprint density at radius 2 is 1.87 bits per heavy atom. The maximum absolute atomic E-state index is 12.8. The van der Waals surface area contributed by atoms with Crippen molar-refractivity contribution in [2.45, 2.75) is 32.8 Å². The van der Waals surface area contributed by atoms with Gasteiger partial charge in [-0.25, -0.2) is 14.3 Å². The van der Waals surface area contributed by atoms with Crippen molar-refractivity contribution < 1.29 is 14.3 Å². The molecule has 0 saturated heterocycles. The van der Waals surface area contributed by atoms with E-state index in [2.05, 4.69) is 25.7 Å². The summed E-state index contributed by atoms with van der Waals surface area (Å²) < 4.78 is 6.76. The van der Waals surface area contributed by atoms with Gasteiger partial charge < -0.3 is 21.1 Å². The van der Waals surface area contributed by atoms with E-state index < -0.39 is 11.7 Å². The molecule has 3 rings (SSSR count). The van der Waals surface area contributed by atoms with E-state index in [9.17, 15) is 9.59 Å². The van der Waals surface area contributed by atoms with Gasteiger partial charge in [-0.3, -0.25) is 9.78 Å². The number of nitrogens with zero attached hydrogens (tertiary/aromatic N) is 4. The lowest BCUT2D eigenvalue weighted by molar-refractivity contribution is 0.0527. The van der Waals surface area contributed by atoms with Crippen molar-refractivity contribution in [2.75, 3.05) is 18.8 Å². The smallest absolute Gasteiger partial charge is 0.407 e. The van der Waals surface area contributed by atoms with Crippen molar-refractivity contribution in [3.63, 3.8) is 0 Å². The summed E-state index contributed by atoms with van der Waals surface area (Å²) in [4.78, 5) is 32.4. The van der Waals surface area contributed by atoms with Gasteiger partial charge >= 0.3 is 6.09 Å². The van der Waals surface area contributed by atoms with Crippen LogP contribution in [0, 0.1) is 0 Å². The fourth-order valence-corrected chi connectivity index (χ4v) is 2.86. The summed E-state index contributed by atoms with van der Waals surface area (Å²) in [6, 6.07) is 5.37. The van der Waals surface area contributed by atoms with E-state index in [-0.39, 0.29) is 11.7 Å². The fourth-order valence-electron chi connectivity index (χ4n) is 2.86. The third-order valence-corrected chi connectivity index (χ3v) is 4.11. The zero-order valence-corrected chi connectivity index (χ0v) is 17.2. The summed E-state index contributed by atoms with van der Waals surface area (Å²) >= 11 is 0. The monoisotopic (exact) mass is 411 g/mol. The van der Waals surface area contributed by atoms with Crippen LogP contribution in [0.3, 0.4) is 0 Å². The second kappa shape index (κ2) is 8.76. The molecule has 0 unspecified atom stereocenters. The van der Waals surface area contributed by atoms with Gasteiger partial charge in [-0.2, -0.15) is 5.10 Å². The molecule has 0 spiro atoms. The number of anilines is 1. The van der Waals surface area contributed by atoms with Crippen molar-refractivity contribution in [3.8, 4) is 11.3 Å². The molecule has 10 heteroatoms. The molecule has 0 fully saturated rings. The molecular formula is C20H25N7O3. The van der Waals surface area contributed by atoms with Crippen LogP contribution in [0.25, 0.3) is 16.8 Å². The van der Waals surface area contributed by atoms with E-state index in [1.807, 2.05) is 12.1 Å². The molecule has 3 aromatic heterocycles. The summed E-state index contributed by atoms with van der Waals surface area (Å²) in [5.74, 6) is -0.0892. The first-order valence-electron chi connectivity index (χ1n) is 9.54. The highest BCUT2D eigenvalue weighted by Crippen LogP contribution is 2.27. The van der Waals surface area contributed by atoms with Crippen LogP contribution in [0.2, 0.25) is 0 Å². The van der Waals surface area contributed by atoms with E-state index in [1.54, 1.807) is 43.7 Å². The summed E-state index contributed by atoms with van der Waals surface area (Å²) in [6.45, 7) is 6.13. The van der Waals surface area contributed by atoms with Crippen LogP contribution in [0.4, 0.5) is 10.6 Å². The number of aromatic nitrogens is 4. The molecule has 2 amide bonds. The number of amides is 2. The number of ether oxygens (including phenoxy) is 1. The summed E-state index contributed by atoms with van der Waals surface area (Å²) in [5, 5.41) is 9.74. The van der Waals surface area contributed by atoms with Gasteiger partial charge in [-0.15, -0.1) is 0 Å². The molecule has 0 atom stereocenters. The van der Waals surface area contributed by atoms with Gasteiger partial charge in [-0.1, -0.05) is 0 Å². The van der Waals surface area contributed by atoms with Crippen molar-refractivity contribution >= 4 is 23.3 Å². The van der Waals surface area contributed by atoms with Gasteiger partial charge in [0.05, 0.1) is 11.3 Å². The molecule has 4 N–H and O–H groups in total. The van der Waals surface area contributed by atoms with E-state index >= 15 is 0 Å². The Hall–Kier alpha value is -3.69. The highest BCUT2D eigenvalue weighted by molar-refractivity contribution is 6.05. The SMILES string of the molecule is CC(C)(C)OC(=O)NCCCNC(=O)c1cc(-c2ccncc2)n2ncnc(N)c12. The van der Waals surface area contributed by atoms with E-state index in [4.69, 9.17) is 10.5 Å². The molecule has 3 heterocycles. The molecule has 0 aromatic carbocycles. The molecule has 0 radical (unpaired) electrons. The number of hydrogen-bond acceptors (Lipinski definition) is 7. The standard InChI is InChI=1S/C20H25N7O3/c1-20(2,3)30-19(29)24-8-4-7-23-18(28)14-11-15(13-5-9-22-10-6-13)27-16(14)17(21)25-12-26-27/h5-6,9-12H,4,7-8H2,1-3H3,(H,23,28)(H,24,29)(H2,21,25,26). The fraction of sp³-hybridized carbons (Fsp3) is 0.350. The second-order valence-corrected chi connectivity index (χ2v) is 7.62. The third-order valence-electron chi connectivity index (χ3n) is 4.11. The van der Waals surface area contributed by atoms with Crippen LogP contribution in [0.15, 0.2) is 36.9 Å². The van der Waals surface area contributed by atoms with Crippen LogP contribution in [0.5, 0.6) is 0 Å². The number of nitrogens with two attached hydrogens (primary N) is 1. The molecule has 0 aliphatic rings. The van der Waals surface area contributed by atoms with Crippen LogP contribution >= 0.6 is 0 Å². The predicted octanol–water partition coefficient (Wildman–Crippen LogP) is 2.02. The Balaban J connectivity index is 1.67. The molecule has 0 aliphatic carbocycles. The van der Waals surface area contributed by atoms with Gasteiger partial charge in [0.2, 0.25) is 0 Å². The number of nitrogens with one attached hydrogen (secondary N) is 2. The first kappa shape index (κ1) is 21.0. The van der Waals surface area contributed by atoms with Crippen LogP contribution in [-0.4, -0.2) is 50.3 Å². The molecule has 0 saturated carbocycles. The number of carbonyl (C=O) groups is 2. The number of nitrogen functional groups attached to an aromatic ring is 1. The normalized spacial score (nSPS) is 11.3. The van der Waals surface area contributed by atoms with Gasteiger partial charge in [0.25, 0.3) is 5.91 Å². The van der Waals surface area contributed by atoms with Crippen LogP contribution < -0.4 is 16.4 Å². The molecule has 3 aromatic rings. The Bertz CT molecular complexity index is 1040. The number of rotatable bonds is 6. The first-order valence-corrected chi connectivity index (χ1v) is 9.54. The van der Waals surface area contributed by atoms with E-state index in [0.29, 0.717) is 36.3 Å². The molecule has 0 aliphatic heterocycles. The van der Waals surface area contributed by atoms with Crippen LogP contribution in [-0.2, 0) is 4.74 Å². The molecule has 30 heavy (non-hydrogen) atoms. The number of carbonyl (C=O) groups excluding carboxylic acids is 2. The van der Waals surface area contributed by atoms with Crippen molar-refractivity contribution in [2.24, 2.45) is 0 Å². The van der Waals surface area contributed by atoms with Crippen molar-refractivity contribution in [3.05, 3.63) is 42.5 Å². The zero-order chi connectivity index (χ0) is 21.7. The number of fused-ring (bicyclic) bond motifs is 1. The van der Waals surface area contributed by atoms with E-state index in [1.165, 1.54) is 6.33 Å². The summed E-state index contributed by atoms with van der Waals surface area (Å²) in [6.07, 6.45) is 4.73. The van der Waals surface area contributed by atoms with Crippen LogP contribution in [0.1, 0.15) is 37.6 Å².